The number of sulfone groups is 1. The van der Waals surface area contributed by atoms with Crippen molar-refractivity contribution in [2.24, 2.45) is 0 Å². The van der Waals surface area contributed by atoms with E-state index >= 15 is 0 Å². The molecule has 1 aliphatic heterocycles. The van der Waals surface area contributed by atoms with Gasteiger partial charge in [-0.05, 0) is 24.7 Å². The zero-order valence-corrected chi connectivity index (χ0v) is 15.5. The zero-order chi connectivity index (χ0) is 16.8. The molecule has 1 fully saturated rings. The van der Waals surface area contributed by atoms with Crippen LogP contribution >= 0.6 is 18.1 Å². The summed E-state index contributed by atoms with van der Waals surface area (Å²) < 4.78 is 43.7. The largest absolute Gasteiger partial charge is 0.369 e. The average Bonchev–Trinajstić information content (AvgIpc) is 2.86. The lowest BCUT2D eigenvalue weighted by Crippen LogP contribution is -2.20. The van der Waals surface area contributed by atoms with Gasteiger partial charge in [0.1, 0.15) is 11.6 Å². The molecule has 0 aromatic carbocycles. The van der Waals surface area contributed by atoms with E-state index in [4.69, 9.17) is 9.79 Å². The maximum atomic E-state index is 13.2. The van der Waals surface area contributed by atoms with E-state index in [9.17, 15) is 13.0 Å². The highest BCUT2D eigenvalue weighted by Crippen LogP contribution is 2.65. The second kappa shape index (κ2) is 8.25. The number of nitriles is 1. The summed E-state index contributed by atoms with van der Waals surface area (Å²) in [4.78, 5) is 0. The van der Waals surface area contributed by atoms with Gasteiger partial charge in [0.25, 0.3) is 0 Å². The van der Waals surface area contributed by atoms with Crippen LogP contribution in [0.25, 0.3) is 0 Å². The van der Waals surface area contributed by atoms with Crippen LogP contribution in [0.1, 0.15) is 27.2 Å². The fourth-order valence-corrected chi connectivity index (χ4v) is 7.82. The summed E-state index contributed by atoms with van der Waals surface area (Å²) in [6.45, 7) is 3.62. The van der Waals surface area contributed by atoms with Crippen molar-refractivity contribution >= 4 is 27.9 Å². The van der Waals surface area contributed by atoms with Gasteiger partial charge in [-0.15, -0.1) is 0 Å². The molecule has 22 heavy (non-hydrogen) atoms. The molecule has 126 valence electrons. The van der Waals surface area contributed by atoms with Crippen LogP contribution in [0.4, 0.5) is 0 Å². The van der Waals surface area contributed by atoms with Crippen LogP contribution in [0.3, 0.4) is 0 Å². The summed E-state index contributed by atoms with van der Waals surface area (Å²) in [5.74, 6) is -0.369. The first kappa shape index (κ1) is 19.4. The van der Waals surface area contributed by atoms with Crippen LogP contribution in [0.15, 0.2) is 11.2 Å². The topological polar surface area (TPSA) is 99.5 Å². The molecule has 1 rings (SSSR count). The highest BCUT2D eigenvalue weighted by atomic mass is 32.7. The predicted octanol–water partition coefficient (Wildman–Crippen LogP) is 2.31. The van der Waals surface area contributed by atoms with E-state index in [0.29, 0.717) is 13.1 Å². The van der Waals surface area contributed by atoms with Gasteiger partial charge in [0.15, 0.2) is 9.84 Å². The van der Waals surface area contributed by atoms with Crippen molar-refractivity contribution < 1.29 is 17.5 Å². The van der Waals surface area contributed by atoms with Gasteiger partial charge in [0.05, 0.1) is 18.1 Å². The van der Waals surface area contributed by atoms with Gasteiger partial charge < -0.3 is 9.84 Å². The quantitative estimate of drug-likeness (QED) is 0.653. The number of hydrogen-bond donors (Lipinski definition) is 1. The minimum absolute atomic E-state index is 0.120. The van der Waals surface area contributed by atoms with Crippen LogP contribution < -0.4 is 5.32 Å². The Kier molecular flexibility index (Phi) is 7.26. The third kappa shape index (κ3) is 5.20. The molecule has 0 bridgehead atoms. The summed E-state index contributed by atoms with van der Waals surface area (Å²) in [6, 6.07) is 1.62. The Morgan fingerprint density at radius 1 is 1.59 bits per heavy atom. The van der Waals surface area contributed by atoms with Crippen LogP contribution in [-0.2, 0) is 18.9 Å². The average molecular weight is 367 g/mol. The first-order chi connectivity index (χ1) is 10.3. The summed E-state index contributed by atoms with van der Waals surface area (Å²) in [5.41, 5.74) is 0. The third-order valence-corrected chi connectivity index (χ3v) is 9.39. The lowest BCUT2D eigenvalue weighted by atomic mass is 10.4. The number of hydrogen-bond acceptors (Lipinski definition) is 7. The van der Waals surface area contributed by atoms with Crippen molar-refractivity contribution in [2.75, 3.05) is 25.4 Å². The maximum absolute atomic E-state index is 13.2. The van der Waals surface area contributed by atoms with E-state index in [1.165, 1.54) is 16.1 Å². The Labute approximate surface area is 136 Å². The molecule has 1 aliphatic rings. The van der Waals surface area contributed by atoms with Crippen molar-refractivity contribution in [3.63, 3.8) is 0 Å². The van der Waals surface area contributed by atoms with Gasteiger partial charge in [0.2, 0.25) is 0 Å². The van der Waals surface area contributed by atoms with Gasteiger partial charge in [0, 0.05) is 18.3 Å². The van der Waals surface area contributed by atoms with Gasteiger partial charge in [-0.25, -0.2) is 8.42 Å². The fraction of sp³-hybridized carbons (Fsp3) is 0.750. The van der Waals surface area contributed by atoms with Crippen molar-refractivity contribution in [3.8, 4) is 6.07 Å². The SMILES string of the molecule is CCOP(=O)(SC(C)CC)N1CCNC1=CS(=O)(=O)CC#N. The Balaban J connectivity index is 3.11. The van der Waals surface area contributed by atoms with Gasteiger partial charge >= 0.3 is 6.72 Å². The Bertz CT molecular complexity index is 600. The van der Waals surface area contributed by atoms with E-state index in [-0.39, 0.29) is 17.7 Å². The lowest BCUT2D eigenvalue weighted by Gasteiger charge is -2.29. The van der Waals surface area contributed by atoms with E-state index in [1.54, 1.807) is 13.0 Å². The highest BCUT2D eigenvalue weighted by molar-refractivity contribution is 8.56. The van der Waals surface area contributed by atoms with E-state index in [0.717, 1.165) is 11.8 Å². The summed E-state index contributed by atoms with van der Waals surface area (Å²) >= 11 is 1.23. The molecule has 7 nitrogen and oxygen atoms in total. The molecule has 2 unspecified atom stereocenters. The normalized spacial score (nSPS) is 21.2. The molecule has 0 aromatic heterocycles. The van der Waals surface area contributed by atoms with Crippen molar-refractivity contribution in [1.82, 2.24) is 9.99 Å². The molecule has 0 radical (unpaired) electrons. The second-order valence-electron chi connectivity index (χ2n) is 4.73. The number of nitrogens with zero attached hydrogens (tertiary/aromatic N) is 2. The monoisotopic (exact) mass is 367 g/mol. The zero-order valence-electron chi connectivity index (χ0n) is 13.0. The predicted molar refractivity (Wildman–Crippen MR) is 88.8 cm³/mol. The Morgan fingerprint density at radius 3 is 2.82 bits per heavy atom. The molecule has 2 atom stereocenters. The van der Waals surface area contributed by atoms with Crippen LogP contribution in [0, 0.1) is 11.3 Å². The molecule has 0 saturated carbocycles. The Morgan fingerprint density at radius 2 is 2.27 bits per heavy atom. The molecule has 0 amide bonds. The van der Waals surface area contributed by atoms with E-state index in [2.05, 4.69) is 5.32 Å². The first-order valence-corrected chi connectivity index (χ1v) is 11.8. The molecule has 1 N–H and O–H groups in total. The summed E-state index contributed by atoms with van der Waals surface area (Å²) in [6.07, 6.45) is 0.828. The minimum atomic E-state index is -3.67. The number of nitrogens with one attached hydrogen (secondary N) is 1. The molecule has 10 heteroatoms. The van der Waals surface area contributed by atoms with E-state index < -0.39 is 22.3 Å². The molecule has 1 heterocycles. The van der Waals surface area contributed by atoms with Gasteiger partial charge in [-0.3, -0.25) is 9.24 Å². The minimum Gasteiger partial charge on any atom is -0.369 e. The van der Waals surface area contributed by atoms with Gasteiger partial charge in [-0.2, -0.15) is 5.26 Å². The van der Waals surface area contributed by atoms with Gasteiger partial charge in [-0.1, -0.05) is 13.8 Å². The smallest absolute Gasteiger partial charge is 0.355 e. The lowest BCUT2D eigenvalue weighted by molar-refractivity contribution is 0.311. The first-order valence-electron chi connectivity index (χ1n) is 7.04. The summed E-state index contributed by atoms with van der Waals surface area (Å²) in [7, 11) is -3.67. The number of rotatable bonds is 8. The van der Waals surface area contributed by atoms with Crippen LogP contribution in [0.2, 0.25) is 0 Å². The Hall–Kier alpha value is -0.680. The van der Waals surface area contributed by atoms with E-state index in [1.807, 2.05) is 13.8 Å². The standard InChI is InChI=1S/C12H22N3O4PS2/c1-4-11(3)21-20(16,19-5-2)15-8-7-14-12(15)10-22(17,18)9-6-13/h10-11,14H,4-5,7-9H2,1-3H3. The van der Waals surface area contributed by atoms with Crippen LogP contribution in [0.5, 0.6) is 0 Å². The molecular formula is C12H22N3O4PS2. The fourth-order valence-electron chi connectivity index (χ4n) is 1.78. The molecular weight excluding hydrogens is 345 g/mol. The van der Waals surface area contributed by atoms with Crippen molar-refractivity contribution in [1.29, 1.82) is 5.26 Å². The molecule has 0 aromatic rings. The second-order valence-corrected chi connectivity index (χ2v) is 11.3. The summed E-state index contributed by atoms with van der Waals surface area (Å²) in [5, 5.41) is 12.6. The molecule has 0 spiro atoms. The van der Waals surface area contributed by atoms with Crippen molar-refractivity contribution in [3.05, 3.63) is 11.2 Å². The third-order valence-electron chi connectivity index (χ3n) is 2.94. The highest BCUT2D eigenvalue weighted by Gasteiger charge is 2.38. The molecule has 1 saturated heterocycles. The van der Waals surface area contributed by atoms with Crippen LogP contribution in [-0.4, -0.2) is 43.8 Å². The molecule has 0 aliphatic carbocycles. The maximum Gasteiger partial charge on any atom is 0.355 e. The van der Waals surface area contributed by atoms with Crippen molar-refractivity contribution in [2.45, 2.75) is 32.4 Å².